The van der Waals surface area contributed by atoms with Gasteiger partial charge in [-0.2, -0.15) is 0 Å². The average molecular weight is 219 g/mol. The number of hydrogen-bond acceptors (Lipinski definition) is 4. The molecule has 13 heavy (non-hydrogen) atoms. The molecule has 0 heterocycles. The van der Waals surface area contributed by atoms with Crippen LogP contribution in [0.5, 0.6) is 0 Å². The van der Waals surface area contributed by atoms with Gasteiger partial charge in [-0.15, -0.1) is 0 Å². The molecule has 0 bridgehead atoms. The number of halogens is 2. The van der Waals surface area contributed by atoms with E-state index in [1.807, 2.05) is 0 Å². The molecule has 2 N–H and O–H groups in total. The average Bonchev–Trinajstić information content (AvgIpc) is 2.13. The fourth-order valence-electron chi connectivity index (χ4n) is 0.562. The Kier molecular flexibility index (Phi) is 5.01. The molecular weight excluding hydrogens is 211 g/mol. The molecule has 0 fully saturated rings. The van der Waals surface area contributed by atoms with Gasteiger partial charge in [0, 0.05) is 0 Å². The van der Waals surface area contributed by atoms with E-state index in [-0.39, 0.29) is 6.42 Å². The molecule has 1 atom stereocenters. The van der Waals surface area contributed by atoms with Crippen LogP contribution in [-0.4, -0.2) is 17.1 Å². The van der Waals surface area contributed by atoms with E-state index in [0.29, 0.717) is 0 Å². The Morgan fingerprint density at radius 3 is 2.31 bits per heavy atom. The van der Waals surface area contributed by atoms with Crippen LogP contribution < -0.4 is 5.09 Å². The van der Waals surface area contributed by atoms with Crippen molar-refractivity contribution in [3.8, 4) is 0 Å². The van der Waals surface area contributed by atoms with Crippen molar-refractivity contribution in [2.45, 2.75) is 19.4 Å². The maximum absolute atomic E-state index is 11.4. The van der Waals surface area contributed by atoms with E-state index in [4.69, 9.17) is 5.11 Å². The van der Waals surface area contributed by atoms with E-state index in [2.05, 4.69) is 9.46 Å². The molecular formula is C4H8F2NO5P. The number of carbonyl (C=O) groups is 1. The van der Waals surface area contributed by atoms with Gasteiger partial charge in [-0.3, -0.25) is 4.79 Å². The molecule has 0 amide bonds. The van der Waals surface area contributed by atoms with Gasteiger partial charge in [0.2, 0.25) is 0 Å². The van der Waals surface area contributed by atoms with E-state index in [0.717, 1.165) is 0 Å². The first-order chi connectivity index (χ1) is 5.99. The van der Waals surface area contributed by atoms with Crippen LogP contribution in [0.25, 0.3) is 0 Å². The van der Waals surface area contributed by atoms with Crippen LogP contribution in [0.2, 0.25) is 0 Å². The quantitative estimate of drug-likeness (QED) is 0.656. The monoisotopic (exact) mass is 219 g/mol. The van der Waals surface area contributed by atoms with Crippen molar-refractivity contribution >= 4 is 13.7 Å². The lowest BCUT2D eigenvalue weighted by molar-refractivity contribution is -0.140. The summed E-state index contributed by atoms with van der Waals surface area (Å²) >= 11 is 0. The highest BCUT2D eigenvalue weighted by atomic mass is 31.2. The number of carboxylic acid groups (broad SMARTS) is 1. The fourth-order valence-corrected chi connectivity index (χ4v) is 1.34. The van der Waals surface area contributed by atoms with E-state index < -0.39 is 19.8 Å². The molecule has 0 spiro atoms. The molecule has 9 heteroatoms. The van der Waals surface area contributed by atoms with Crippen molar-refractivity contribution in [1.82, 2.24) is 5.09 Å². The van der Waals surface area contributed by atoms with Crippen LogP contribution in [0.15, 0.2) is 0 Å². The highest BCUT2D eigenvalue weighted by molar-refractivity contribution is 7.51. The number of hydrogen-bond donors (Lipinski definition) is 2. The summed E-state index contributed by atoms with van der Waals surface area (Å²) in [4.78, 5) is 10.3. The topological polar surface area (TPSA) is 84.9 Å². The molecule has 0 aromatic heterocycles. The lowest BCUT2D eigenvalue weighted by Crippen LogP contribution is -2.34. The molecule has 0 saturated carbocycles. The lowest BCUT2D eigenvalue weighted by atomic mass is 10.2. The first kappa shape index (κ1) is 12.4. The number of nitrogens with one attached hydrogen (secondary N) is 1. The summed E-state index contributed by atoms with van der Waals surface area (Å²) in [5.41, 5.74) is 0. The molecule has 0 radical (unpaired) electrons. The Morgan fingerprint density at radius 2 is 2.08 bits per heavy atom. The van der Waals surface area contributed by atoms with Crippen molar-refractivity contribution in [3.05, 3.63) is 0 Å². The van der Waals surface area contributed by atoms with Crippen molar-refractivity contribution < 1.29 is 33.0 Å². The molecule has 0 rings (SSSR count). The first-order valence-corrected chi connectivity index (χ1v) is 4.74. The Balaban J connectivity index is 4.37. The predicted molar refractivity (Wildman–Crippen MR) is 36.8 cm³/mol. The van der Waals surface area contributed by atoms with E-state index >= 15 is 0 Å². The van der Waals surface area contributed by atoms with Gasteiger partial charge in [-0.05, 0) is 15.5 Å². The minimum atomic E-state index is -4.77. The van der Waals surface area contributed by atoms with Gasteiger partial charge in [0.05, 0.1) is 0 Å². The van der Waals surface area contributed by atoms with Gasteiger partial charge in [0.1, 0.15) is 6.04 Å². The highest BCUT2D eigenvalue weighted by Crippen LogP contribution is 2.45. The van der Waals surface area contributed by atoms with Gasteiger partial charge in [0.15, 0.2) is 0 Å². The highest BCUT2D eigenvalue weighted by Gasteiger charge is 2.33. The van der Waals surface area contributed by atoms with Gasteiger partial charge in [-0.25, -0.2) is 9.65 Å². The summed E-state index contributed by atoms with van der Waals surface area (Å²) in [5.74, 6) is -1.42. The molecule has 0 aromatic rings. The first-order valence-electron chi connectivity index (χ1n) is 3.20. The van der Waals surface area contributed by atoms with E-state index in [9.17, 15) is 18.4 Å². The van der Waals surface area contributed by atoms with Crippen LogP contribution in [-0.2, 0) is 18.8 Å². The second-order valence-electron chi connectivity index (χ2n) is 2.06. The fraction of sp³-hybridized carbons (Fsp3) is 0.750. The summed E-state index contributed by atoms with van der Waals surface area (Å²) < 4.78 is 38.8. The number of aliphatic carboxylic acids is 1. The Bertz CT molecular complexity index is 217. The van der Waals surface area contributed by atoms with Crippen LogP contribution in [0, 0.1) is 0 Å². The SMILES string of the molecule is CCC(NP(=O)(OF)OF)C(=O)O. The maximum atomic E-state index is 11.4. The third-order valence-electron chi connectivity index (χ3n) is 1.20. The lowest BCUT2D eigenvalue weighted by Gasteiger charge is -2.13. The molecule has 0 saturated heterocycles. The maximum Gasteiger partial charge on any atom is 0.468 e. The molecule has 0 aliphatic carbocycles. The Hall–Kier alpha value is -0.560. The van der Waals surface area contributed by atoms with Crippen LogP contribution in [0.3, 0.4) is 0 Å². The molecule has 0 aliphatic heterocycles. The zero-order valence-electron chi connectivity index (χ0n) is 6.57. The third-order valence-corrected chi connectivity index (χ3v) is 2.19. The van der Waals surface area contributed by atoms with Crippen LogP contribution in [0.1, 0.15) is 13.3 Å². The summed E-state index contributed by atoms with van der Waals surface area (Å²) in [6, 6.07) is -1.41. The molecule has 0 aromatic carbocycles. The molecule has 78 valence electrons. The normalized spacial score (nSPS) is 14.1. The van der Waals surface area contributed by atoms with E-state index in [1.165, 1.54) is 6.92 Å². The zero-order valence-corrected chi connectivity index (χ0v) is 7.46. The summed E-state index contributed by atoms with van der Waals surface area (Å²) in [7, 11) is -4.77. The Labute approximate surface area is 72.2 Å². The van der Waals surface area contributed by atoms with Gasteiger partial charge < -0.3 is 5.11 Å². The molecule has 0 aliphatic rings. The minimum absolute atomic E-state index is 0.0357. The molecule has 6 nitrogen and oxygen atoms in total. The van der Waals surface area contributed by atoms with Crippen molar-refractivity contribution in [2.75, 3.05) is 0 Å². The van der Waals surface area contributed by atoms with Gasteiger partial charge >= 0.3 is 13.7 Å². The van der Waals surface area contributed by atoms with Crippen molar-refractivity contribution in [3.63, 3.8) is 0 Å². The third kappa shape index (κ3) is 3.77. The number of rotatable bonds is 6. The predicted octanol–water partition coefficient (Wildman–Crippen LogP) is 1.35. The smallest absolute Gasteiger partial charge is 0.468 e. The van der Waals surface area contributed by atoms with Crippen molar-refractivity contribution in [1.29, 1.82) is 0 Å². The zero-order chi connectivity index (χ0) is 10.5. The molecule has 1 unspecified atom stereocenters. The summed E-state index contributed by atoms with van der Waals surface area (Å²) in [6.07, 6.45) is -0.0357. The van der Waals surface area contributed by atoms with Crippen molar-refractivity contribution in [2.24, 2.45) is 0 Å². The second kappa shape index (κ2) is 5.23. The van der Waals surface area contributed by atoms with Gasteiger partial charge in [0.25, 0.3) is 0 Å². The van der Waals surface area contributed by atoms with Gasteiger partial charge in [-0.1, -0.05) is 16.4 Å². The minimum Gasteiger partial charge on any atom is -0.480 e. The largest absolute Gasteiger partial charge is 0.480 e. The van der Waals surface area contributed by atoms with Crippen LogP contribution >= 0.6 is 7.75 Å². The Morgan fingerprint density at radius 1 is 1.62 bits per heavy atom. The standard InChI is InChI=1S/C4H8F2NO5P/c1-2-3(4(8)9)7-13(10,11-5)12-6/h3H,2H2,1H3,(H,7,10)(H,8,9). The second-order valence-corrected chi connectivity index (χ2v) is 3.59. The number of carboxylic acids is 1. The summed E-state index contributed by atoms with van der Waals surface area (Å²) in [6.45, 7) is 1.41. The summed E-state index contributed by atoms with van der Waals surface area (Å²) in [5, 5.41) is 9.93. The van der Waals surface area contributed by atoms with E-state index in [1.54, 1.807) is 5.09 Å². The van der Waals surface area contributed by atoms with Crippen LogP contribution in [0.4, 0.5) is 9.05 Å².